The van der Waals surface area contributed by atoms with Crippen LogP contribution in [0.1, 0.15) is 11.8 Å². The molecular formula is C13H14N2O9P2S. The van der Waals surface area contributed by atoms with Crippen molar-refractivity contribution >= 4 is 36.7 Å². The molecule has 0 saturated heterocycles. The minimum atomic E-state index is -5.34. The standard InChI is InChI=1S/C13H14N2O9P2S/c16-7-3-4-10-8(6-7)15(13(17)27-10)14-11(9-2-1-5-24-9)12(25(18,19)20)26(21,22)23/h1-6,11-12,14,16H,(H2,18,19,20)(H2,21,22,23). The molecule has 0 bridgehead atoms. The second kappa shape index (κ2) is 6.92. The highest BCUT2D eigenvalue weighted by Gasteiger charge is 2.51. The third kappa shape index (κ3) is 4.02. The predicted molar refractivity (Wildman–Crippen MR) is 96.4 cm³/mol. The second-order valence-electron chi connectivity index (χ2n) is 5.57. The number of hydrogen-bond acceptors (Lipinski definition) is 7. The Morgan fingerprint density at radius 1 is 1.11 bits per heavy atom. The summed E-state index contributed by atoms with van der Waals surface area (Å²) in [6, 6.07) is 4.91. The first kappa shape index (κ1) is 19.8. The van der Waals surface area contributed by atoms with Gasteiger partial charge >= 0.3 is 20.1 Å². The van der Waals surface area contributed by atoms with Gasteiger partial charge < -0.3 is 34.5 Å². The summed E-state index contributed by atoms with van der Waals surface area (Å²) < 4.78 is 30.1. The van der Waals surface area contributed by atoms with E-state index in [1.54, 1.807) is 0 Å². The first-order valence-corrected chi connectivity index (χ1v) is 11.4. The summed E-state index contributed by atoms with van der Waals surface area (Å²) >= 11 is 0.768. The number of nitrogens with zero attached hydrogens (tertiary/aromatic N) is 1. The number of thiazole rings is 1. The lowest BCUT2D eigenvalue weighted by Crippen LogP contribution is -2.34. The van der Waals surface area contributed by atoms with Crippen LogP contribution >= 0.6 is 26.5 Å². The van der Waals surface area contributed by atoms with Crippen LogP contribution in [0.3, 0.4) is 0 Å². The van der Waals surface area contributed by atoms with Gasteiger partial charge in [-0.2, -0.15) is 0 Å². The van der Waals surface area contributed by atoms with Crippen LogP contribution in [0.15, 0.2) is 45.8 Å². The molecule has 1 unspecified atom stereocenters. The Hall–Kier alpha value is -1.91. The fourth-order valence-electron chi connectivity index (χ4n) is 2.60. The highest BCUT2D eigenvalue weighted by Crippen LogP contribution is 2.64. The SMILES string of the molecule is O=c1sc2ccc(O)cc2n1NC(c1ccco1)C(P(=O)(O)O)P(=O)(O)O. The van der Waals surface area contributed by atoms with Crippen LogP contribution < -0.4 is 10.3 Å². The van der Waals surface area contributed by atoms with Crippen molar-refractivity contribution in [1.82, 2.24) is 4.68 Å². The fourth-order valence-corrected chi connectivity index (χ4v) is 6.19. The number of phenols is 1. The zero-order valence-electron chi connectivity index (χ0n) is 13.2. The third-order valence-electron chi connectivity index (χ3n) is 3.67. The second-order valence-corrected chi connectivity index (χ2v) is 10.4. The third-order valence-corrected chi connectivity index (χ3v) is 8.37. The molecule has 0 aliphatic rings. The molecule has 0 aliphatic carbocycles. The molecule has 2 aromatic heterocycles. The summed E-state index contributed by atoms with van der Waals surface area (Å²) in [7, 11) is -10.7. The molecule has 3 aromatic rings. The van der Waals surface area contributed by atoms with E-state index in [1.807, 2.05) is 0 Å². The van der Waals surface area contributed by atoms with Crippen molar-refractivity contribution in [3.63, 3.8) is 0 Å². The molecule has 146 valence electrons. The quantitative estimate of drug-likeness (QED) is 0.308. The van der Waals surface area contributed by atoms with E-state index < -0.39 is 31.5 Å². The van der Waals surface area contributed by atoms with Crippen molar-refractivity contribution in [3.05, 3.63) is 52.0 Å². The monoisotopic (exact) mass is 436 g/mol. The van der Waals surface area contributed by atoms with Crippen molar-refractivity contribution in [2.45, 2.75) is 11.4 Å². The zero-order valence-corrected chi connectivity index (χ0v) is 15.8. The van der Waals surface area contributed by atoms with Crippen molar-refractivity contribution in [2.75, 3.05) is 5.43 Å². The van der Waals surface area contributed by atoms with Gasteiger partial charge in [0.05, 0.1) is 16.5 Å². The van der Waals surface area contributed by atoms with E-state index in [2.05, 4.69) is 5.43 Å². The number of aromatic hydroxyl groups is 1. The molecule has 3 rings (SSSR count). The minimum Gasteiger partial charge on any atom is -0.508 e. The van der Waals surface area contributed by atoms with E-state index in [4.69, 9.17) is 4.42 Å². The van der Waals surface area contributed by atoms with E-state index in [9.17, 15) is 38.6 Å². The summed E-state index contributed by atoms with van der Waals surface area (Å²) in [4.78, 5) is 49.9. The topological polar surface area (TPSA) is 182 Å². The Balaban J connectivity index is 2.18. The Labute approximate surface area is 154 Å². The summed E-state index contributed by atoms with van der Waals surface area (Å²) in [5.74, 6) is -0.370. The molecule has 6 N–H and O–H groups in total. The molecule has 27 heavy (non-hydrogen) atoms. The Bertz CT molecular complexity index is 1090. The molecule has 1 atom stereocenters. The molecular weight excluding hydrogens is 422 g/mol. The highest BCUT2D eigenvalue weighted by atomic mass is 32.1. The minimum absolute atomic E-state index is 0.164. The fraction of sp³-hybridized carbons (Fsp3) is 0.154. The summed E-state index contributed by atoms with van der Waals surface area (Å²) in [5.41, 5.74) is 2.60. The molecule has 11 nitrogen and oxygen atoms in total. The van der Waals surface area contributed by atoms with Gasteiger partial charge in [-0.05, 0) is 24.3 Å². The number of furan rings is 1. The molecule has 2 heterocycles. The van der Waals surface area contributed by atoms with Crippen LogP contribution in [-0.2, 0) is 9.13 Å². The lowest BCUT2D eigenvalue weighted by molar-refractivity contribution is 0.323. The van der Waals surface area contributed by atoms with Gasteiger partial charge in [-0.3, -0.25) is 13.9 Å². The van der Waals surface area contributed by atoms with E-state index in [1.165, 1.54) is 30.3 Å². The Kier molecular flexibility index (Phi) is 5.08. The van der Waals surface area contributed by atoms with Gasteiger partial charge in [-0.25, -0.2) is 4.68 Å². The van der Waals surface area contributed by atoms with E-state index >= 15 is 0 Å². The maximum Gasteiger partial charge on any atom is 0.343 e. The van der Waals surface area contributed by atoms with Crippen molar-refractivity contribution in [2.24, 2.45) is 0 Å². The maximum absolute atomic E-state index is 12.3. The van der Waals surface area contributed by atoms with Gasteiger partial charge in [0.15, 0.2) is 5.40 Å². The number of benzene rings is 1. The van der Waals surface area contributed by atoms with Crippen LogP contribution in [0.4, 0.5) is 0 Å². The average Bonchev–Trinajstić information content (AvgIpc) is 3.13. The van der Waals surface area contributed by atoms with Crippen LogP contribution in [0.2, 0.25) is 0 Å². The number of fused-ring (bicyclic) bond motifs is 1. The number of nitrogens with one attached hydrogen (secondary N) is 1. The lowest BCUT2D eigenvalue weighted by Gasteiger charge is -2.28. The van der Waals surface area contributed by atoms with Gasteiger partial charge in [0.25, 0.3) is 0 Å². The molecule has 0 aliphatic heterocycles. The normalized spacial score (nSPS) is 14.0. The molecule has 0 saturated carbocycles. The number of aromatic nitrogens is 1. The Morgan fingerprint density at radius 2 is 1.78 bits per heavy atom. The predicted octanol–water partition coefficient (Wildman–Crippen LogP) is 1.33. The van der Waals surface area contributed by atoms with Crippen molar-refractivity contribution < 1.29 is 38.2 Å². The summed E-state index contributed by atoms with van der Waals surface area (Å²) in [5, 5.41) is 7.14. The molecule has 1 aromatic carbocycles. The first-order chi connectivity index (χ1) is 12.5. The summed E-state index contributed by atoms with van der Waals surface area (Å²) in [6.07, 6.45) is 1.15. The number of phenolic OH excluding ortho intramolecular Hbond substituents is 1. The Morgan fingerprint density at radius 3 is 2.33 bits per heavy atom. The number of hydrogen-bond donors (Lipinski definition) is 6. The first-order valence-electron chi connectivity index (χ1n) is 7.23. The van der Waals surface area contributed by atoms with Gasteiger partial charge in [0.2, 0.25) is 0 Å². The molecule has 14 heteroatoms. The molecule has 0 fully saturated rings. The van der Waals surface area contributed by atoms with Crippen LogP contribution in [0.25, 0.3) is 10.2 Å². The average molecular weight is 436 g/mol. The van der Waals surface area contributed by atoms with Crippen molar-refractivity contribution in [1.29, 1.82) is 0 Å². The van der Waals surface area contributed by atoms with E-state index in [-0.39, 0.29) is 17.0 Å². The van der Waals surface area contributed by atoms with Crippen LogP contribution in [0, 0.1) is 0 Å². The summed E-state index contributed by atoms with van der Waals surface area (Å²) in [6.45, 7) is 0. The van der Waals surface area contributed by atoms with Crippen LogP contribution in [0.5, 0.6) is 5.75 Å². The zero-order chi connectivity index (χ0) is 20.0. The smallest absolute Gasteiger partial charge is 0.343 e. The highest BCUT2D eigenvalue weighted by molar-refractivity contribution is 7.71. The van der Waals surface area contributed by atoms with Crippen molar-refractivity contribution in [3.8, 4) is 5.75 Å². The molecule has 0 amide bonds. The molecule has 0 spiro atoms. The number of rotatable bonds is 6. The van der Waals surface area contributed by atoms with Gasteiger partial charge in [0.1, 0.15) is 17.6 Å². The van der Waals surface area contributed by atoms with E-state index in [0.29, 0.717) is 4.70 Å². The lowest BCUT2D eigenvalue weighted by atomic mass is 10.2. The van der Waals surface area contributed by atoms with Gasteiger partial charge in [0, 0.05) is 6.07 Å². The van der Waals surface area contributed by atoms with Gasteiger partial charge in [-0.1, -0.05) is 11.3 Å². The van der Waals surface area contributed by atoms with Gasteiger partial charge in [-0.15, -0.1) is 0 Å². The molecule has 0 radical (unpaired) electrons. The van der Waals surface area contributed by atoms with E-state index in [0.717, 1.165) is 22.3 Å². The largest absolute Gasteiger partial charge is 0.508 e. The van der Waals surface area contributed by atoms with Crippen LogP contribution in [-0.4, -0.2) is 34.8 Å². The maximum atomic E-state index is 12.3.